The largest absolute Gasteiger partial charge is 0.466 e. The number of furan rings is 1. The molecule has 26 heavy (non-hydrogen) atoms. The molecule has 4 rings (SSSR count). The second-order valence-corrected chi connectivity index (χ2v) is 7.03. The van der Waals surface area contributed by atoms with Gasteiger partial charge in [-0.1, -0.05) is 18.2 Å². The molecule has 1 aliphatic heterocycles. The van der Waals surface area contributed by atoms with Crippen molar-refractivity contribution in [3.05, 3.63) is 53.3 Å². The Morgan fingerprint density at radius 2 is 1.81 bits per heavy atom. The van der Waals surface area contributed by atoms with Gasteiger partial charge in [-0.25, -0.2) is 0 Å². The third kappa shape index (κ3) is 3.37. The Kier molecular flexibility index (Phi) is 4.51. The normalized spacial score (nSPS) is 15.6. The van der Waals surface area contributed by atoms with Crippen molar-refractivity contribution in [2.45, 2.75) is 27.3 Å². The van der Waals surface area contributed by atoms with Gasteiger partial charge in [0.05, 0.1) is 31.7 Å². The SMILES string of the molecule is Cc1cc(-c2nnc(C[NH+]3CCN(c4ccccc4C)CC3)o2)c(C)o1. The third-order valence-electron chi connectivity index (χ3n) is 5.07. The highest BCUT2D eigenvalue weighted by Crippen LogP contribution is 2.25. The lowest BCUT2D eigenvalue weighted by atomic mass is 10.1. The molecule has 0 radical (unpaired) electrons. The molecular weight excluding hydrogens is 328 g/mol. The zero-order chi connectivity index (χ0) is 18.1. The Morgan fingerprint density at radius 3 is 2.50 bits per heavy atom. The van der Waals surface area contributed by atoms with Crippen LogP contribution >= 0.6 is 0 Å². The van der Waals surface area contributed by atoms with E-state index >= 15 is 0 Å². The lowest BCUT2D eigenvalue weighted by Crippen LogP contribution is -3.13. The van der Waals surface area contributed by atoms with Crippen LogP contribution in [0.1, 0.15) is 23.0 Å². The van der Waals surface area contributed by atoms with Crippen LogP contribution in [0.25, 0.3) is 11.5 Å². The smallest absolute Gasteiger partial charge is 0.271 e. The highest BCUT2D eigenvalue weighted by molar-refractivity contribution is 5.55. The van der Waals surface area contributed by atoms with E-state index in [2.05, 4.69) is 46.3 Å². The van der Waals surface area contributed by atoms with E-state index in [-0.39, 0.29) is 0 Å². The molecule has 0 amide bonds. The Balaban J connectivity index is 1.38. The molecule has 0 bridgehead atoms. The van der Waals surface area contributed by atoms with Crippen molar-refractivity contribution in [1.82, 2.24) is 10.2 Å². The van der Waals surface area contributed by atoms with Crippen LogP contribution in [0.3, 0.4) is 0 Å². The van der Waals surface area contributed by atoms with Crippen LogP contribution in [-0.4, -0.2) is 36.4 Å². The fraction of sp³-hybridized carbons (Fsp3) is 0.400. The molecule has 0 saturated carbocycles. The molecular formula is C20H25N4O2+. The molecule has 1 aliphatic rings. The molecule has 0 spiro atoms. The molecule has 1 aromatic carbocycles. The number of nitrogens with zero attached hydrogens (tertiary/aromatic N) is 3. The molecule has 0 unspecified atom stereocenters. The predicted octanol–water partition coefficient (Wildman–Crippen LogP) is 2.16. The highest BCUT2D eigenvalue weighted by Gasteiger charge is 2.23. The summed E-state index contributed by atoms with van der Waals surface area (Å²) < 4.78 is 11.4. The van der Waals surface area contributed by atoms with Gasteiger partial charge in [0.2, 0.25) is 0 Å². The van der Waals surface area contributed by atoms with E-state index < -0.39 is 0 Å². The van der Waals surface area contributed by atoms with E-state index in [9.17, 15) is 0 Å². The monoisotopic (exact) mass is 353 g/mol. The molecule has 1 fully saturated rings. The van der Waals surface area contributed by atoms with Crippen molar-refractivity contribution in [1.29, 1.82) is 0 Å². The topological polar surface area (TPSA) is 59.7 Å². The Hall–Kier alpha value is -2.60. The van der Waals surface area contributed by atoms with Crippen molar-refractivity contribution < 1.29 is 13.7 Å². The van der Waals surface area contributed by atoms with Gasteiger partial charge in [0.1, 0.15) is 11.5 Å². The minimum Gasteiger partial charge on any atom is -0.466 e. The first-order valence-corrected chi connectivity index (χ1v) is 9.14. The minimum atomic E-state index is 0.548. The number of hydrogen-bond donors (Lipinski definition) is 1. The van der Waals surface area contributed by atoms with E-state index in [0.717, 1.165) is 49.8 Å². The van der Waals surface area contributed by atoms with Gasteiger partial charge in [-0.05, 0) is 38.5 Å². The van der Waals surface area contributed by atoms with Crippen molar-refractivity contribution in [3.8, 4) is 11.5 Å². The summed E-state index contributed by atoms with van der Waals surface area (Å²) in [6.07, 6.45) is 0. The molecule has 136 valence electrons. The lowest BCUT2D eigenvalue weighted by molar-refractivity contribution is -0.915. The summed E-state index contributed by atoms with van der Waals surface area (Å²) in [5.74, 6) is 2.91. The predicted molar refractivity (Wildman–Crippen MR) is 99.3 cm³/mol. The molecule has 2 aromatic heterocycles. The van der Waals surface area contributed by atoms with Crippen LogP contribution < -0.4 is 9.80 Å². The van der Waals surface area contributed by atoms with Crippen LogP contribution in [-0.2, 0) is 6.54 Å². The summed E-state index contributed by atoms with van der Waals surface area (Å²) in [7, 11) is 0. The Morgan fingerprint density at radius 1 is 1.04 bits per heavy atom. The van der Waals surface area contributed by atoms with E-state index in [1.165, 1.54) is 16.2 Å². The maximum absolute atomic E-state index is 5.88. The van der Waals surface area contributed by atoms with Gasteiger partial charge in [-0.2, -0.15) is 0 Å². The number of aryl methyl sites for hydroxylation is 3. The zero-order valence-corrected chi connectivity index (χ0v) is 15.6. The van der Waals surface area contributed by atoms with Gasteiger partial charge in [-0.3, -0.25) is 0 Å². The Labute approximate surface area is 153 Å². The van der Waals surface area contributed by atoms with Gasteiger partial charge in [-0.15, -0.1) is 10.2 Å². The third-order valence-corrected chi connectivity index (χ3v) is 5.07. The number of anilines is 1. The average molecular weight is 353 g/mol. The second-order valence-electron chi connectivity index (χ2n) is 7.03. The maximum Gasteiger partial charge on any atom is 0.271 e. The first-order chi connectivity index (χ1) is 12.6. The lowest BCUT2D eigenvalue weighted by Gasteiger charge is -2.33. The number of aromatic nitrogens is 2. The molecule has 6 nitrogen and oxygen atoms in total. The molecule has 3 heterocycles. The number of nitrogens with one attached hydrogen (secondary N) is 1. The summed E-state index contributed by atoms with van der Waals surface area (Å²) >= 11 is 0. The molecule has 0 aliphatic carbocycles. The quantitative estimate of drug-likeness (QED) is 0.779. The van der Waals surface area contributed by atoms with Crippen LogP contribution in [0.2, 0.25) is 0 Å². The van der Waals surface area contributed by atoms with E-state index in [0.29, 0.717) is 11.8 Å². The molecule has 1 N–H and O–H groups in total. The van der Waals surface area contributed by atoms with Gasteiger partial charge < -0.3 is 18.6 Å². The van der Waals surface area contributed by atoms with Crippen LogP contribution in [0, 0.1) is 20.8 Å². The van der Waals surface area contributed by atoms with Crippen molar-refractivity contribution in [3.63, 3.8) is 0 Å². The number of quaternary nitrogens is 1. The van der Waals surface area contributed by atoms with Crippen molar-refractivity contribution in [2.24, 2.45) is 0 Å². The fourth-order valence-electron chi connectivity index (χ4n) is 3.65. The van der Waals surface area contributed by atoms with E-state index in [4.69, 9.17) is 8.83 Å². The first-order valence-electron chi connectivity index (χ1n) is 9.14. The molecule has 0 atom stereocenters. The Bertz CT molecular complexity index is 891. The van der Waals surface area contributed by atoms with Gasteiger partial charge in [0.25, 0.3) is 11.8 Å². The molecule has 1 saturated heterocycles. The minimum absolute atomic E-state index is 0.548. The van der Waals surface area contributed by atoms with Crippen LogP contribution in [0.15, 0.2) is 39.2 Å². The van der Waals surface area contributed by atoms with Crippen molar-refractivity contribution >= 4 is 5.69 Å². The number of para-hydroxylation sites is 1. The summed E-state index contributed by atoms with van der Waals surface area (Å²) in [6, 6.07) is 10.5. The van der Waals surface area contributed by atoms with Gasteiger partial charge >= 0.3 is 0 Å². The van der Waals surface area contributed by atoms with E-state index in [1.807, 2.05) is 19.9 Å². The van der Waals surface area contributed by atoms with E-state index in [1.54, 1.807) is 0 Å². The second kappa shape index (κ2) is 6.96. The number of benzene rings is 1. The fourth-order valence-corrected chi connectivity index (χ4v) is 3.65. The number of rotatable bonds is 4. The zero-order valence-electron chi connectivity index (χ0n) is 15.6. The van der Waals surface area contributed by atoms with Gasteiger partial charge in [0.15, 0.2) is 6.54 Å². The molecule has 3 aromatic rings. The molecule has 6 heteroatoms. The number of hydrogen-bond acceptors (Lipinski definition) is 5. The number of piperazine rings is 1. The van der Waals surface area contributed by atoms with Crippen molar-refractivity contribution in [2.75, 3.05) is 31.1 Å². The average Bonchev–Trinajstić information content (AvgIpc) is 3.22. The summed E-state index contributed by atoms with van der Waals surface area (Å²) in [5, 5.41) is 8.44. The van der Waals surface area contributed by atoms with Crippen LogP contribution in [0.5, 0.6) is 0 Å². The highest BCUT2D eigenvalue weighted by atomic mass is 16.4. The van der Waals surface area contributed by atoms with Crippen LogP contribution in [0.4, 0.5) is 5.69 Å². The maximum atomic E-state index is 5.88. The summed E-state index contributed by atoms with van der Waals surface area (Å²) in [6.45, 7) is 11.0. The van der Waals surface area contributed by atoms with Gasteiger partial charge in [0, 0.05) is 5.69 Å². The first kappa shape index (κ1) is 16.8. The summed E-state index contributed by atoms with van der Waals surface area (Å²) in [5.41, 5.74) is 3.57. The standard InChI is InChI=1S/C20H24N4O2/c1-14-6-4-5-7-18(14)24-10-8-23(9-11-24)13-19-21-22-20(26-19)17-12-15(2)25-16(17)3/h4-7,12H,8-11,13H2,1-3H3/p+1. The summed E-state index contributed by atoms with van der Waals surface area (Å²) in [4.78, 5) is 3.94.